The SMILES string of the molecule is COc1ccc(-c2cccc([N+](=O)[O-])c2C)cn1. The summed E-state index contributed by atoms with van der Waals surface area (Å²) >= 11 is 0. The molecule has 0 fully saturated rings. The number of nitro groups is 1. The van der Waals surface area contributed by atoms with Crippen LogP contribution in [0.1, 0.15) is 5.56 Å². The first-order chi connectivity index (χ1) is 8.63. The lowest BCUT2D eigenvalue weighted by atomic mass is 10.0. The highest BCUT2D eigenvalue weighted by molar-refractivity contribution is 5.70. The summed E-state index contributed by atoms with van der Waals surface area (Å²) in [7, 11) is 1.54. The van der Waals surface area contributed by atoms with E-state index in [2.05, 4.69) is 4.98 Å². The second-order valence-electron chi connectivity index (χ2n) is 3.80. The molecule has 1 aromatic carbocycles. The molecule has 0 saturated heterocycles. The maximum absolute atomic E-state index is 10.9. The third-order valence-corrected chi connectivity index (χ3v) is 2.76. The lowest BCUT2D eigenvalue weighted by molar-refractivity contribution is -0.385. The van der Waals surface area contributed by atoms with Gasteiger partial charge in [0, 0.05) is 29.5 Å². The summed E-state index contributed by atoms with van der Waals surface area (Å²) < 4.78 is 4.98. The van der Waals surface area contributed by atoms with Gasteiger partial charge in [0.1, 0.15) is 0 Å². The lowest BCUT2D eigenvalue weighted by Gasteiger charge is -2.06. The number of aromatic nitrogens is 1. The van der Waals surface area contributed by atoms with Gasteiger partial charge in [-0.25, -0.2) is 4.98 Å². The van der Waals surface area contributed by atoms with E-state index in [9.17, 15) is 10.1 Å². The van der Waals surface area contributed by atoms with Gasteiger partial charge < -0.3 is 4.74 Å². The largest absolute Gasteiger partial charge is 0.481 e. The number of hydrogen-bond donors (Lipinski definition) is 0. The van der Waals surface area contributed by atoms with Crippen LogP contribution in [-0.2, 0) is 0 Å². The van der Waals surface area contributed by atoms with Crippen LogP contribution in [0.25, 0.3) is 11.1 Å². The van der Waals surface area contributed by atoms with Gasteiger partial charge in [0.15, 0.2) is 0 Å². The lowest BCUT2D eigenvalue weighted by Crippen LogP contribution is -1.94. The van der Waals surface area contributed by atoms with Crippen molar-refractivity contribution in [2.75, 3.05) is 7.11 Å². The zero-order valence-corrected chi connectivity index (χ0v) is 10.1. The maximum atomic E-state index is 10.9. The molecular formula is C13H12N2O3. The van der Waals surface area contributed by atoms with Gasteiger partial charge in [0.25, 0.3) is 5.69 Å². The van der Waals surface area contributed by atoms with Crippen molar-refractivity contribution in [1.29, 1.82) is 0 Å². The minimum absolute atomic E-state index is 0.114. The Morgan fingerprint density at radius 1 is 1.28 bits per heavy atom. The van der Waals surface area contributed by atoms with Gasteiger partial charge in [0.2, 0.25) is 5.88 Å². The summed E-state index contributed by atoms with van der Waals surface area (Å²) in [4.78, 5) is 14.6. The summed E-state index contributed by atoms with van der Waals surface area (Å²) in [6.45, 7) is 1.73. The van der Waals surface area contributed by atoms with Crippen LogP contribution in [0.15, 0.2) is 36.5 Å². The van der Waals surface area contributed by atoms with E-state index in [-0.39, 0.29) is 10.6 Å². The molecule has 5 nitrogen and oxygen atoms in total. The topological polar surface area (TPSA) is 65.3 Å². The summed E-state index contributed by atoms with van der Waals surface area (Å²) in [5.74, 6) is 0.516. The molecule has 0 aliphatic carbocycles. The first-order valence-corrected chi connectivity index (χ1v) is 5.38. The number of nitrogens with zero attached hydrogens (tertiary/aromatic N) is 2. The smallest absolute Gasteiger partial charge is 0.272 e. The fourth-order valence-electron chi connectivity index (χ4n) is 1.79. The maximum Gasteiger partial charge on any atom is 0.272 e. The molecule has 0 radical (unpaired) electrons. The second kappa shape index (κ2) is 4.83. The van der Waals surface area contributed by atoms with Gasteiger partial charge in [0.05, 0.1) is 12.0 Å². The molecule has 1 aromatic heterocycles. The molecule has 0 saturated carbocycles. The second-order valence-corrected chi connectivity index (χ2v) is 3.80. The molecule has 2 rings (SSSR count). The molecule has 0 spiro atoms. The third kappa shape index (κ3) is 2.15. The minimum Gasteiger partial charge on any atom is -0.481 e. The van der Waals surface area contributed by atoms with E-state index >= 15 is 0 Å². The molecule has 18 heavy (non-hydrogen) atoms. The summed E-state index contributed by atoms with van der Waals surface area (Å²) in [6, 6.07) is 8.57. The van der Waals surface area contributed by atoms with E-state index in [1.54, 1.807) is 32.4 Å². The molecule has 0 aliphatic rings. The van der Waals surface area contributed by atoms with Crippen molar-refractivity contribution in [3.8, 4) is 17.0 Å². The Balaban J connectivity index is 2.50. The van der Waals surface area contributed by atoms with E-state index in [1.807, 2.05) is 12.1 Å². The summed E-state index contributed by atoms with van der Waals surface area (Å²) in [6.07, 6.45) is 1.64. The Hall–Kier alpha value is -2.43. The van der Waals surface area contributed by atoms with Crippen LogP contribution in [0, 0.1) is 17.0 Å². The number of pyridine rings is 1. The number of hydrogen-bond acceptors (Lipinski definition) is 4. The Kier molecular flexibility index (Phi) is 3.23. The fraction of sp³-hybridized carbons (Fsp3) is 0.154. The average molecular weight is 244 g/mol. The predicted octanol–water partition coefficient (Wildman–Crippen LogP) is 2.97. The van der Waals surface area contributed by atoms with Crippen molar-refractivity contribution >= 4 is 5.69 Å². The molecule has 5 heteroatoms. The molecule has 2 aromatic rings. The Labute approximate surface area is 104 Å². The van der Waals surface area contributed by atoms with Crippen molar-refractivity contribution in [3.05, 3.63) is 52.2 Å². The van der Waals surface area contributed by atoms with Crippen LogP contribution in [0.3, 0.4) is 0 Å². The number of ether oxygens (including phenoxy) is 1. The third-order valence-electron chi connectivity index (χ3n) is 2.76. The van der Waals surface area contributed by atoms with Crippen molar-refractivity contribution in [1.82, 2.24) is 4.98 Å². The van der Waals surface area contributed by atoms with Crippen LogP contribution >= 0.6 is 0 Å². The van der Waals surface area contributed by atoms with Gasteiger partial charge in [-0.3, -0.25) is 10.1 Å². The van der Waals surface area contributed by atoms with Gasteiger partial charge in [-0.15, -0.1) is 0 Å². The van der Waals surface area contributed by atoms with E-state index in [0.29, 0.717) is 11.4 Å². The fourth-order valence-corrected chi connectivity index (χ4v) is 1.79. The van der Waals surface area contributed by atoms with Gasteiger partial charge in [-0.05, 0) is 18.6 Å². The van der Waals surface area contributed by atoms with Crippen molar-refractivity contribution in [3.63, 3.8) is 0 Å². The van der Waals surface area contributed by atoms with Crippen LogP contribution in [0.4, 0.5) is 5.69 Å². The van der Waals surface area contributed by atoms with Crippen molar-refractivity contribution < 1.29 is 9.66 Å². The number of rotatable bonds is 3. The number of nitro benzene ring substituents is 1. The van der Waals surface area contributed by atoms with E-state index in [4.69, 9.17) is 4.74 Å². The van der Waals surface area contributed by atoms with Crippen molar-refractivity contribution in [2.45, 2.75) is 6.92 Å². The first kappa shape index (κ1) is 12.0. The van der Waals surface area contributed by atoms with Gasteiger partial charge >= 0.3 is 0 Å². The summed E-state index contributed by atoms with van der Waals surface area (Å²) in [5, 5.41) is 10.9. The number of benzene rings is 1. The molecule has 92 valence electrons. The van der Waals surface area contributed by atoms with E-state index < -0.39 is 0 Å². The molecule has 0 atom stereocenters. The minimum atomic E-state index is -0.379. The predicted molar refractivity (Wildman–Crippen MR) is 67.6 cm³/mol. The highest BCUT2D eigenvalue weighted by Crippen LogP contribution is 2.29. The zero-order chi connectivity index (χ0) is 13.1. The molecule has 0 bridgehead atoms. The Morgan fingerprint density at radius 3 is 2.61 bits per heavy atom. The Bertz CT molecular complexity index is 579. The first-order valence-electron chi connectivity index (χ1n) is 5.38. The van der Waals surface area contributed by atoms with E-state index in [0.717, 1.165) is 11.1 Å². The van der Waals surface area contributed by atoms with Crippen LogP contribution in [0.2, 0.25) is 0 Å². The zero-order valence-electron chi connectivity index (χ0n) is 10.1. The van der Waals surface area contributed by atoms with E-state index in [1.165, 1.54) is 6.07 Å². The van der Waals surface area contributed by atoms with Gasteiger partial charge in [-0.2, -0.15) is 0 Å². The number of methoxy groups -OCH3 is 1. The van der Waals surface area contributed by atoms with Gasteiger partial charge in [-0.1, -0.05) is 12.1 Å². The van der Waals surface area contributed by atoms with Crippen molar-refractivity contribution in [2.24, 2.45) is 0 Å². The molecular weight excluding hydrogens is 232 g/mol. The monoisotopic (exact) mass is 244 g/mol. The molecule has 0 unspecified atom stereocenters. The van der Waals surface area contributed by atoms with Crippen LogP contribution in [-0.4, -0.2) is 17.0 Å². The highest BCUT2D eigenvalue weighted by Gasteiger charge is 2.14. The quantitative estimate of drug-likeness (QED) is 0.615. The highest BCUT2D eigenvalue weighted by atomic mass is 16.6. The molecule has 1 heterocycles. The summed E-state index contributed by atoms with van der Waals surface area (Å²) in [5.41, 5.74) is 2.38. The average Bonchev–Trinajstić information content (AvgIpc) is 2.39. The molecule has 0 N–H and O–H groups in total. The standard InChI is InChI=1S/C13H12N2O3/c1-9-11(4-3-5-12(9)15(16)17)10-6-7-13(18-2)14-8-10/h3-8H,1-2H3. The normalized spacial score (nSPS) is 10.1. The molecule has 0 aliphatic heterocycles. The van der Waals surface area contributed by atoms with Crippen LogP contribution < -0.4 is 4.74 Å². The Morgan fingerprint density at radius 2 is 2.06 bits per heavy atom. The molecule has 0 amide bonds. The van der Waals surface area contributed by atoms with Crippen LogP contribution in [0.5, 0.6) is 5.88 Å².